The first-order valence-electron chi connectivity index (χ1n) is 5.72. The molecule has 1 aliphatic rings. The van der Waals surface area contributed by atoms with E-state index in [-0.39, 0.29) is 17.9 Å². The van der Waals surface area contributed by atoms with Crippen molar-refractivity contribution in [1.29, 1.82) is 0 Å². The van der Waals surface area contributed by atoms with Crippen molar-refractivity contribution in [2.75, 3.05) is 0 Å². The normalized spacial score (nSPS) is 18.6. The quantitative estimate of drug-likeness (QED) is 0.878. The summed E-state index contributed by atoms with van der Waals surface area (Å²) in [6.45, 7) is 2.01. The third kappa shape index (κ3) is 2.77. The second-order valence-electron chi connectivity index (χ2n) is 4.35. The molecule has 2 nitrogen and oxygen atoms in total. The molecule has 1 atom stereocenters. The fourth-order valence-electron chi connectivity index (χ4n) is 2.15. The molecule has 1 unspecified atom stereocenters. The number of carbonyl (C=O) groups excluding carboxylic acids is 1. The van der Waals surface area contributed by atoms with Crippen LogP contribution in [0.5, 0.6) is 0 Å². The third-order valence-electron chi connectivity index (χ3n) is 3.11. The highest BCUT2D eigenvalue weighted by Gasteiger charge is 2.24. The summed E-state index contributed by atoms with van der Waals surface area (Å²) in [6.07, 6.45) is 4.47. The average molecular weight is 258 g/mol. The Morgan fingerprint density at radius 3 is 2.75 bits per heavy atom. The summed E-state index contributed by atoms with van der Waals surface area (Å²) in [7, 11) is 0. The first-order valence-corrected chi connectivity index (χ1v) is 6.92. The Labute approximate surface area is 105 Å². The number of rotatable bonds is 3. The minimum absolute atomic E-state index is 0.0746. The predicted octanol–water partition coefficient (Wildman–Crippen LogP) is 3.77. The van der Waals surface area contributed by atoms with Crippen LogP contribution in [-0.2, 0) is 4.79 Å². The van der Waals surface area contributed by atoms with E-state index in [4.69, 9.17) is 11.6 Å². The maximum Gasteiger partial charge on any atom is 0.223 e. The zero-order valence-electron chi connectivity index (χ0n) is 9.33. The summed E-state index contributed by atoms with van der Waals surface area (Å²) >= 11 is 7.41. The van der Waals surface area contributed by atoms with Gasteiger partial charge in [0.05, 0.1) is 10.4 Å². The number of halogens is 1. The second-order valence-corrected chi connectivity index (χ2v) is 6.10. The molecule has 0 saturated heterocycles. The van der Waals surface area contributed by atoms with E-state index in [2.05, 4.69) is 5.32 Å². The van der Waals surface area contributed by atoms with E-state index in [9.17, 15) is 4.79 Å². The van der Waals surface area contributed by atoms with E-state index in [0.29, 0.717) is 0 Å². The fourth-order valence-corrected chi connectivity index (χ4v) is 3.21. The molecule has 0 aromatic carbocycles. The van der Waals surface area contributed by atoms with Crippen molar-refractivity contribution in [2.24, 2.45) is 5.92 Å². The first-order chi connectivity index (χ1) is 7.66. The fraction of sp³-hybridized carbons (Fsp3) is 0.583. The number of hydrogen-bond donors (Lipinski definition) is 1. The lowest BCUT2D eigenvalue weighted by Gasteiger charge is -2.15. The summed E-state index contributed by atoms with van der Waals surface area (Å²) in [4.78, 5) is 13.0. The first kappa shape index (κ1) is 11.9. The largest absolute Gasteiger partial charge is 0.349 e. The number of nitrogens with one attached hydrogen (secondary N) is 1. The van der Waals surface area contributed by atoms with Crippen LogP contribution in [0.2, 0.25) is 4.34 Å². The van der Waals surface area contributed by atoms with Crippen molar-refractivity contribution in [1.82, 2.24) is 5.32 Å². The zero-order chi connectivity index (χ0) is 11.5. The molecule has 0 spiro atoms. The zero-order valence-corrected chi connectivity index (χ0v) is 10.9. The van der Waals surface area contributed by atoms with Gasteiger partial charge in [-0.05, 0) is 31.9 Å². The van der Waals surface area contributed by atoms with E-state index in [0.717, 1.165) is 22.1 Å². The number of hydrogen-bond acceptors (Lipinski definition) is 2. The van der Waals surface area contributed by atoms with Gasteiger partial charge in [0.15, 0.2) is 0 Å². The molecule has 0 radical (unpaired) electrons. The summed E-state index contributed by atoms with van der Waals surface area (Å²) in [5, 5.41) is 3.06. The van der Waals surface area contributed by atoms with Gasteiger partial charge in [0.1, 0.15) is 0 Å². The van der Waals surface area contributed by atoms with Gasteiger partial charge in [-0.2, -0.15) is 0 Å². The van der Waals surface area contributed by atoms with Crippen molar-refractivity contribution in [3.8, 4) is 0 Å². The van der Waals surface area contributed by atoms with Crippen LogP contribution >= 0.6 is 22.9 Å². The van der Waals surface area contributed by atoms with E-state index >= 15 is 0 Å². The van der Waals surface area contributed by atoms with Crippen molar-refractivity contribution < 1.29 is 4.79 Å². The summed E-state index contributed by atoms with van der Waals surface area (Å²) in [5.41, 5.74) is 0. The molecular weight excluding hydrogens is 242 g/mol. The van der Waals surface area contributed by atoms with Gasteiger partial charge < -0.3 is 5.32 Å². The van der Waals surface area contributed by atoms with Gasteiger partial charge in [0.2, 0.25) is 5.91 Å². The van der Waals surface area contributed by atoms with Gasteiger partial charge in [0, 0.05) is 10.8 Å². The van der Waals surface area contributed by atoms with Gasteiger partial charge in [-0.1, -0.05) is 24.4 Å². The minimum atomic E-state index is 0.0746. The molecule has 4 heteroatoms. The Bertz CT molecular complexity index is 371. The number of carbonyl (C=O) groups is 1. The Hall–Kier alpha value is -0.540. The van der Waals surface area contributed by atoms with E-state index < -0.39 is 0 Å². The lowest BCUT2D eigenvalue weighted by Crippen LogP contribution is -2.31. The molecule has 88 valence electrons. The molecule has 2 rings (SSSR count). The van der Waals surface area contributed by atoms with Crippen LogP contribution in [0.4, 0.5) is 0 Å². The Morgan fingerprint density at radius 2 is 2.19 bits per heavy atom. The van der Waals surface area contributed by atoms with Crippen molar-refractivity contribution >= 4 is 28.8 Å². The minimum Gasteiger partial charge on any atom is -0.349 e. The summed E-state index contributed by atoms with van der Waals surface area (Å²) in [5.74, 6) is 0.437. The molecule has 1 aliphatic carbocycles. The molecule has 1 aromatic rings. The Kier molecular flexibility index (Phi) is 3.87. The van der Waals surface area contributed by atoms with Gasteiger partial charge in [-0.15, -0.1) is 11.3 Å². The molecule has 1 heterocycles. The maximum absolute atomic E-state index is 11.9. The lowest BCUT2D eigenvalue weighted by molar-refractivity contribution is -0.125. The Morgan fingerprint density at radius 1 is 1.50 bits per heavy atom. The topological polar surface area (TPSA) is 29.1 Å². The SMILES string of the molecule is CC(NC(=O)C1CCCC1)c1ccc(Cl)s1. The molecule has 0 aliphatic heterocycles. The lowest BCUT2D eigenvalue weighted by atomic mass is 10.1. The molecule has 1 amide bonds. The summed E-state index contributed by atoms with van der Waals surface area (Å²) < 4.78 is 0.775. The van der Waals surface area contributed by atoms with E-state index in [1.807, 2.05) is 19.1 Å². The van der Waals surface area contributed by atoms with Crippen LogP contribution in [0, 0.1) is 5.92 Å². The van der Waals surface area contributed by atoms with Crippen LogP contribution in [-0.4, -0.2) is 5.91 Å². The molecule has 1 saturated carbocycles. The second kappa shape index (κ2) is 5.19. The molecule has 0 bridgehead atoms. The Balaban J connectivity index is 1.91. The average Bonchev–Trinajstić information content (AvgIpc) is 2.87. The van der Waals surface area contributed by atoms with Crippen molar-refractivity contribution in [3.63, 3.8) is 0 Å². The summed E-state index contributed by atoms with van der Waals surface area (Å²) in [6, 6.07) is 3.93. The van der Waals surface area contributed by atoms with Crippen LogP contribution < -0.4 is 5.32 Å². The van der Waals surface area contributed by atoms with E-state index in [1.54, 1.807) is 0 Å². The molecular formula is C12H16ClNOS. The smallest absolute Gasteiger partial charge is 0.223 e. The van der Waals surface area contributed by atoms with Crippen LogP contribution in [0.15, 0.2) is 12.1 Å². The molecule has 1 fully saturated rings. The molecule has 16 heavy (non-hydrogen) atoms. The van der Waals surface area contributed by atoms with Gasteiger partial charge in [0.25, 0.3) is 0 Å². The van der Waals surface area contributed by atoms with Crippen molar-refractivity contribution in [3.05, 3.63) is 21.3 Å². The predicted molar refractivity (Wildman–Crippen MR) is 67.8 cm³/mol. The highest BCUT2D eigenvalue weighted by Crippen LogP contribution is 2.29. The van der Waals surface area contributed by atoms with Crippen LogP contribution in [0.3, 0.4) is 0 Å². The number of amides is 1. The van der Waals surface area contributed by atoms with Gasteiger partial charge >= 0.3 is 0 Å². The van der Waals surface area contributed by atoms with Crippen LogP contribution in [0.25, 0.3) is 0 Å². The maximum atomic E-state index is 11.9. The van der Waals surface area contributed by atoms with E-state index in [1.165, 1.54) is 24.2 Å². The highest BCUT2D eigenvalue weighted by atomic mass is 35.5. The highest BCUT2D eigenvalue weighted by molar-refractivity contribution is 7.16. The van der Waals surface area contributed by atoms with Gasteiger partial charge in [-0.25, -0.2) is 0 Å². The standard InChI is InChI=1S/C12H16ClNOS/c1-8(10-6-7-11(13)16-10)14-12(15)9-4-2-3-5-9/h6-9H,2-5H2,1H3,(H,14,15). The van der Waals surface area contributed by atoms with Gasteiger partial charge in [-0.3, -0.25) is 4.79 Å². The van der Waals surface area contributed by atoms with Crippen molar-refractivity contribution in [2.45, 2.75) is 38.6 Å². The van der Waals surface area contributed by atoms with Crippen LogP contribution in [0.1, 0.15) is 43.5 Å². The third-order valence-corrected chi connectivity index (χ3v) is 4.52. The molecule has 1 aromatic heterocycles. The monoisotopic (exact) mass is 257 g/mol. The number of thiophene rings is 1. The molecule has 1 N–H and O–H groups in total.